The van der Waals surface area contributed by atoms with Gasteiger partial charge in [-0.05, 0) is 52.6 Å². The van der Waals surface area contributed by atoms with Crippen molar-refractivity contribution >= 4 is 12.1 Å². The molecule has 0 aromatic carbocycles. The summed E-state index contributed by atoms with van der Waals surface area (Å²) in [6.07, 6.45) is 36.2. The molecule has 1 unspecified atom stereocenters. The van der Waals surface area contributed by atoms with E-state index in [0.29, 0.717) is 32.8 Å². The van der Waals surface area contributed by atoms with Crippen molar-refractivity contribution in [3.63, 3.8) is 0 Å². The summed E-state index contributed by atoms with van der Waals surface area (Å²) in [6, 6.07) is -0.419. The molecule has 0 aliphatic rings. The number of ether oxygens (including phenoxy) is 3. The van der Waals surface area contributed by atoms with Crippen LogP contribution in [0.4, 0.5) is 4.79 Å². The number of nitrogens with one attached hydrogen (secondary N) is 1. The van der Waals surface area contributed by atoms with Crippen LogP contribution in [-0.4, -0.2) is 70.1 Å². The topological polar surface area (TPSA) is 77.1 Å². The van der Waals surface area contributed by atoms with Crippen molar-refractivity contribution in [1.82, 2.24) is 10.2 Å². The molecule has 1 amide bonds. The fraction of sp³-hybridized carbons (Fsp3) is 0.900. The molecule has 0 heterocycles. The summed E-state index contributed by atoms with van der Waals surface area (Å²) in [5.41, 5.74) is 0. The number of hydrogen-bond donors (Lipinski definition) is 1. The minimum absolute atomic E-state index is 0.102. The lowest BCUT2D eigenvalue weighted by atomic mass is 10.1. The third-order valence-electron chi connectivity index (χ3n) is 8.64. The SMILES string of the molecule is CCCCCCCCC=CCCCCCCCC(=O)OCC(COCCCCCCCCCCCCCC)NC(=O)OCCN(C)C. The molecule has 0 aromatic rings. The van der Waals surface area contributed by atoms with Gasteiger partial charge in [0.1, 0.15) is 13.2 Å². The molecule has 0 radical (unpaired) electrons. The number of amides is 1. The number of carbonyl (C=O) groups excluding carboxylic acids is 2. The van der Waals surface area contributed by atoms with Gasteiger partial charge < -0.3 is 24.4 Å². The number of hydrogen-bond acceptors (Lipinski definition) is 6. The summed E-state index contributed by atoms with van der Waals surface area (Å²) >= 11 is 0. The minimum Gasteiger partial charge on any atom is -0.463 e. The lowest BCUT2D eigenvalue weighted by molar-refractivity contribution is -0.145. The molecule has 0 rings (SSSR count). The Bertz CT molecular complexity index is 700. The maximum Gasteiger partial charge on any atom is 0.407 e. The van der Waals surface area contributed by atoms with E-state index in [-0.39, 0.29) is 12.6 Å². The lowest BCUT2D eigenvalue weighted by Gasteiger charge is -2.19. The predicted octanol–water partition coefficient (Wildman–Crippen LogP) is 10.9. The van der Waals surface area contributed by atoms with Crippen LogP contribution in [0.1, 0.15) is 181 Å². The van der Waals surface area contributed by atoms with E-state index in [1.807, 2.05) is 19.0 Å². The summed E-state index contributed by atoms with van der Waals surface area (Å²) in [4.78, 5) is 26.7. The third-order valence-corrected chi connectivity index (χ3v) is 8.64. The normalized spacial score (nSPS) is 12.2. The van der Waals surface area contributed by atoms with Crippen LogP contribution in [0, 0.1) is 0 Å². The fourth-order valence-corrected chi connectivity index (χ4v) is 5.54. The monoisotopic (exact) mass is 667 g/mol. The van der Waals surface area contributed by atoms with E-state index in [0.717, 1.165) is 38.5 Å². The van der Waals surface area contributed by atoms with Crippen LogP contribution in [0.3, 0.4) is 0 Å². The highest BCUT2D eigenvalue weighted by Gasteiger charge is 2.16. The van der Waals surface area contributed by atoms with Gasteiger partial charge in [0.2, 0.25) is 0 Å². The first-order chi connectivity index (χ1) is 23.0. The van der Waals surface area contributed by atoms with Crippen molar-refractivity contribution in [2.24, 2.45) is 0 Å². The van der Waals surface area contributed by atoms with Gasteiger partial charge in [0, 0.05) is 19.6 Å². The van der Waals surface area contributed by atoms with E-state index in [2.05, 4.69) is 31.3 Å². The van der Waals surface area contributed by atoms with Gasteiger partial charge in [-0.1, -0.05) is 148 Å². The molecule has 278 valence electrons. The Balaban J connectivity index is 4.03. The van der Waals surface area contributed by atoms with E-state index < -0.39 is 12.1 Å². The van der Waals surface area contributed by atoms with Crippen LogP contribution in [0.25, 0.3) is 0 Å². The van der Waals surface area contributed by atoms with E-state index in [4.69, 9.17) is 14.2 Å². The number of carbonyl (C=O) groups is 2. The summed E-state index contributed by atoms with van der Waals surface area (Å²) in [5, 5.41) is 2.83. The molecule has 0 saturated carbocycles. The van der Waals surface area contributed by atoms with Crippen molar-refractivity contribution in [2.45, 2.75) is 187 Å². The van der Waals surface area contributed by atoms with E-state index in [1.54, 1.807) is 0 Å². The molecule has 0 fully saturated rings. The maximum absolute atomic E-state index is 12.4. The Morgan fingerprint density at radius 2 is 1.04 bits per heavy atom. The van der Waals surface area contributed by atoms with E-state index >= 15 is 0 Å². The van der Waals surface area contributed by atoms with Gasteiger partial charge >= 0.3 is 12.1 Å². The predicted molar refractivity (Wildman–Crippen MR) is 199 cm³/mol. The average molecular weight is 667 g/mol. The Kier molecular flexibility index (Phi) is 36.0. The molecule has 47 heavy (non-hydrogen) atoms. The maximum atomic E-state index is 12.4. The Labute approximate surface area is 291 Å². The van der Waals surface area contributed by atoms with Crippen molar-refractivity contribution in [3.05, 3.63) is 12.2 Å². The average Bonchev–Trinajstić information content (AvgIpc) is 3.05. The number of allylic oxidation sites excluding steroid dienone is 2. The van der Waals surface area contributed by atoms with Crippen molar-refractivity contribution in [1.29, 1.82) is 0 Å². The molecule has 0 aliphatic heterocycles. The molecule has 0 bridgehead atoms. The largest absolute Gasteiger partial charge is 0.463 e. The van der Waals surface area contributed by atoms with Crippen LogP contribution >= 0.6 is 0 Å². The molecule has 0 saturated heterocycles. The number of likely N-dealkylation sites (N-methyl/N-ethyl adjacent to an activating group) is 1. The second-order valence-electron chi connectivity index (χ2n) is 13.8. The molecular weight excluding hydrogens is 588 g/mol. The molecule has 1 N–H and O–H groups in total. The van der Waals surface area contributed by atoms with Crippen LogP contribution < -0.4 is 5.32 Å². The van der Waals surface area contributed by atoms with Gasteiger partial charge in [-0.25, -0.2) is 4.79 Å². The van der Waals surface area contributed by atoms with Crippen molar-refractivity contribution < 1.29 is 23.8 Å². The van der Waals surface area contributed by atoms with Crippen molar-refractivity contribution in [2.75, 3.05) is 47.1 Å². The highest BCUT2D eigenvalue weighted by Crippen LogP contribution is 2.13. The second-order valence-corrected chi connectivity index (χ2v) is 13.8. The standard InChI is InChI=1S/C40H78N2O5/c1-5-7-9-11-13-15-17-19-20-21-22-24-26-28-30-32-39(43)47-37-38(41-40(44)46-35-33-42(3)4)36-45-34-31-29-27-25-23-18-16-14-12-10-8-6-2/h19-20,38H,5-18,21-37H2,1-4H3,(H,41,44). The molecule has 0 aliphatic carbocycles. The Morgan fingerprint density at radius 1 is 0.574 bits per heavy atom. The van der Waals surface area contributed by atoms with Gasteiger partial charge in [-0.2, -0.15) is 0 Å². The molecule has 0 spiro atoms. The first kappa shape index (κ1) is 45.4. The summed E-state index contributed by atoms with van der Waals surface area (Å²) in [7, 11) is 3.87. The summed E-state index contributed by atoms with van der Waals surface area (Å²) in [6.45, 7) is 6.55. The highest BCUT2D eigenvalue weighted by atomic mass is 16.6. The van der Waals surface area contributed by atoms with Crippen LogP contribution in [0.15, 0.2) is 12.2 Å². The molecule has 0 aromatic heterocycles. The fourth-order valence-electron chi connectivity index (χ4n) is 5.54. The zero-order chi connectivity index (χ0) is 34.5. The molecule has 7 heteroatoms. The zero-order valence-corrected chi connectivity index (χ0v) is 31.6. The smallest absolute Gasteiger partial charge is 0.407 e. The second kappa shape index (κ2) is 37.2. The number of unbranched alkanes of at least 4 members (excludes halogenated alkanes) is 22. The number of esters is 1. The Hall–Kier alpha value is -1.60. The van der Waals surface area contributed by atoms with Gasteiger partial charge in [0.15, 0.2) is 0 Å². The molecular formula is C40H78N2O5. The van der Waals surface area contributed by atoms with Crippen molar-refractivity contribution in [3.8, 4) is 0 Å². The first-order valence-electron chi connectivity index (χ1n) is 20.0. The van der Waals surface area contributed by atoms with Gasteiger partial charge in [-0.3, -0.25) is 4.79 Å². The number of rotatable bonds is 36. The van der Waals surface area contributed by atoms with Crippen LogP contribution in [-0.2, 0) is 19.0 Å². The van der Waals surface area contributed by atoms with Crippen LogP contribution in [0.2, 0.25) is 0 Å². The summed E-state index contributed by atoms with van der Waals surface area (Å²) in [5.74, 6) is -0.212. The first-order valence-corrected chi connectivity index (χ1v) is 20.0. The van der Waals surface area contributed by atoms with Gasteiger partial charge in [0.25, 0.3) is 0 Å². The minimum atomic E-state index is -0.501. The van der Waals surface area contributed by atoms with Gasteiger partial charge in [0.05, 0.1) is 12.6 Å². The Morgan fingerprint density at radius 3 is 1.55 bits per heavy atom. The summed E-state index contributed by atoms with van der Waals surface area (Å²) < 4.78 is 16.7. The zero-order valence-electron chi connectivity index (χ0n) is 31.6. The molecule has 7 nitrogen and oxygen atoms in total. The number of alkyl carbamates (subject to hydrolysis) is 1. The van der Waals surface area contributed by atoms with Crippen LogP contribution in [0.5, 0.6) is 0 Å². The van der Waals surface area contributed by atoms with Gasteiger partial charge in [-0.15, -0.1) is 0 Å². The quantitative estimate of drug-likeness (QED) is 0.0407. The number of nitrogens with zero attached hydrogens (tertiary/aromatic N) is 1. The lowest BCUT2D eigenvalue weighted by Crippen LogP contribution is -2.43. The third kappa shape index (κ3) is 37.1. The van der Waals surface area contributed by atoms with E-state index in [1.165, 1.54) is 122 Å². The molecule has 1 atom stereocenters. The highest BCUT2D eigenvalue weighted by molar-refractivity contribution is 5.69. The van der Waals surface area contributed by atoms with E-state index in [9.17, 15) is 9.59 Å².